The molecule has 0 radical (unpaired) electrons. The van der Waals surface area contributed by atoms with Crippen LogP contribution in [0.3, 0.4) is 0 Å². The first-order valence-corrected chi connectivity index (χ1v) is 7.69. The Hall–Kier alpha value is -2.02. The van der Waals surface area contributed by atoms with Crippen molar-refractivity contribution in [3.05, 3.63) is 45.9 Å². The topological polar surface area (TPSA) is 54.0 Å². The molecule has 0 aliphatic carbocycles. The van der Waals surface area contributed by atoms with E-state index in [0.717, 1.165) is 22.8 Å². The predicted molar refractivity (Wildman–Crippen MR) is 83.0 cm³/mol. The average Bonchev–Trinajstić information content (AvgIpc) is 2.90. The van der Waals surface area contributed by atoms with E-state index in [9.17, 15) is 13.6 Å². The second-order valence-electron chi connectivity index (χ2n) is 5.16. The molecule has 2 N–H and O–H groups in total. The van der Waals surface area contributed by atoms with Crippen LogP contribution >= 0.6 is 11.3 Å². The Kier molecular flexibility index (Phi) is 4.75. The molecule has 2 aromatic rings. The number of hydrogen-bond donors (Lipinski definition) is 2. The van der Waals surface area contributed by atoms with Crippen molar-refractivity contribution in [3.63, 3.8) is 0 Å². The second-order valence-corrected chi connectivity index (χ2v) is 6.01. The number of halogens is 2. The molecule has 0 saturated heterocycles. The number of aryl methyl sites for hydroxylation is 1. The van der Waals surface area contributed by atoms with Crippen molar-refractivity contribution in [2.24, 2.45) is 0 Å². The molecule has 0 unspecified atom stereocenters. The Morgan fingerprint density at radius 1 is 1.36 bits per heavy atom. The molecule has 7 heteroatoms. The van der Waals surface area contributed by atoms with Crippen molar-refractivity contribution in [1.82, 2.24) is 10.3 Å². The Balaban J connectivity index is 2.16. The van der Waals surface area contributed by atoms with Crippen molar-refractivity contribution >= 4 is 23.1 Å². The van der Waals surface area contributed by atoms with Gasteiger partial charge in [0.1, 0.15) is 22.3 Å². The smallest absolute Gasteiger partial charge is 0.320 e. The molecule has 0 bridgehead atoms. The van der Waals surface area contributed by atoms with E-state index in [4.69, 9.17) is 0 Å². The first-order chi connectivity index (χ1) is 10.4. The van der Waals surface area contributed by atoms with Gasteiger partial charge in [-0.3, -0.25) is 0 Å². The van der Waals surface area contributed by atoms with Crippen LogP contribution in [0.4, 0.5) is 19.3 Å². The van der Waals surface area contributed by atoms with Gasteiger partial charge in [0, 0.05) is 11.1 Å². The summed E-state index contributed by atoms with van der Waals surface area (Å²) in [5.41, 5.74) is -0.305. The summed E-state index contributed by atoms with van der Waals surface area (Å²) in [6.07, 6.45) is 0.590. The largest absolute Gasteiger partial charge is 0.326 e. The lowest BCUT2D eigenvalue weighted by Crippen LogP contribution is -2.45. The summed E-state index contributed by atoms with van der Waals surface area (Å²) < 4.78 is 27.1. The number of rotatable bonds is 4. The number of benzene rings is 1. The zero-order valence-electron chi connectivity index (χ0n) is 12.5. The number of hydrogen-bond acceptors (Lipinski definition) is 3. The van der Waals surface area contributed by atoms with Crippen LogP contribution in [0.15, 0.2) is 23.6 Å². The maximum atomic E-state index is 13.6. The Labute approximate surface area is 131 Å². The van der Waals surface area contributed by atoms with Gasteiger partial charge in [0.25, 0.3) is 0 Å². The summed E-state index contributed by atoms with van der Waals surface area (Å²) in [4.78, 5) is 16.5. The van der Waals surface area contributed by atoms with E-state index in [1.165, 1.54) is 17.4 Å². The molecule has 1 heterocycles. The van der Waals surface area contributed by atoms with Gasteiger partial charge in [-0.05, 0) is 32.4 Å². The summed E-state index contributed by atoms with van der Waals surface area (Å²) in [5, 5.41) is 7.60. The fourth-order valence-corrected chi connectivity index (χ4v) is 2.90. The van der Waals surface area contributed by atoms with Gasteiger partial charge in [-0.2, -0.15) is 0 Å². The second kappa shape index (κ2) is 6.39. The number of nitrogens with zero attached hydrogens (tertiary/aromatic N) is 1. The number of amides is 2. The molecule has 0 aliphatic rings. The van der Waals surface area contributed by atoms with E-state index < -0.39 is 28.9 Å². The van der Waals surface area contributed by atoms with E-state index in [1.807, 2.05) is 26.2 Å². The maximum Gasteiger partial charge on any atom is 0.320 e. The quantitative estimate of drug-likeness (QED) is 0.886. The minimum absolute atomic E-state index is 0.464. The van der Waals surface area contributed by atoms with E-state index in [0.29, 0.717) is 6.42 Å². The third kappa shape index (κ3) is 3.41. The summed E-state index contributed by atoms with van der Waals surface area (Å²) in [5.74, 6) is -1.64. The van der Waals surface area contributed by atoms with Gasteiger partial charge in [-0.25, -0.2) is 18.6 Å². The van der Waals surface area contributed by atoms with Crippen LogP contribution in [0.1, 0.15) is 31.0 Å². The third-order valence-corrected chi connectivity index (χ3v) is 4.61. The molecule has 4 nitrogen and oxygen atoms in total. The van der Waals surface area contributed by atoms with Gasteiger partial charge in [0.2, 0.25) is 0 Å². The van der Waals surface area contributed by atoms with Crippen LogP contribution in [0, 0.1) is 18.6 Å². The summed E-state index contributed by atoms with van der Waals surface area (Å²) in [6, 6.07) is 2.73. The lowest BCUT2D eigenvalue weighted by Gasteiger charge is -2.27. The van der Waals surface area contributed by atoms with E-state index >= 15 is 0 Å². The van der Waals surface area contributed by atoms with Gasteiger partial charge in [0.05, 0.1) is 5.54 Å². The number of aromatic nitrogens is 1. The van der Waals surface area contributed by atoms with Crippen LogP contribution in [0.25, 0.3) is 0 Å². The number of nitrogens with one attached hydrogen (secondary N) is 2. The Bertz CT molecular complexity index is 669. The molecule has 0 aliphatic heterocycles. The first kappa shape index (κ1) is 16.4. The minimum Gasteiger partial charge on any atom is -0.326 e. The van der Waals surface area contributed by atoms with E-state index in [1.54, 1.807) is 0 Å². The zero-order valence-corrected chi connectivity index (χ0v) is 13.4. The Morgan fingerprint density at radius 3 is 2.50 bits per heavy atom. The van der Waals surface area contributed by atoms with Crippen LogP contribution in [0.2, 0.25) is 0 Å². The van der Waals surface area contributed by atoms with Gasteiger partial charge in [0.15, 0.2) is 0 Å². The highest BCUT2D eigenvalue weighted by Crippen LogP contribution is 2.28. The van der Waals surface area contributed by atoms with Crippen molar-refractivity contribution in [1.29, 1.82) is 0 Å². The monoisotopic (exact) mass is 325 g/mol. The van der Waals surface area contributed by atoms with Crippen LogP contribution in [-0.4, -0.2) is 11.0 Å². The molecule has 0 fully saturated rings. The molecule has 22 heavy (non-hydrogen) atoms. The van der Waals surface area contributed by atoms with Crippen molar-refractivity contribution < 1.29 is 13.6 Å². The summed E-state index contributed by atoms with van der Waals surface area (Å²) in [7, 11) is 0. The van der Waals surface area contributed by atoms with Gasteiger partial charge >= 0.3 is 6.03 Å². The van der Waals surface area contributed by atoms with Gasteiger partial charge in [-0.1, -0.05) is 13.0 Å². The zero-order chi connectivity index (χ0) is 16.3. The summed E-state index contributed by atoms with van der Waals surface area (Å²) in [6.45, 7) is 5.59. The number of carbonyl (C=O) groups excluding carboxylic acids is 1. The molecule has 118 valence electrons. The highest BCUT2D eigenvalue weighted by atomic mass is 32.1. The fraction of sp³-hybridized carbons (Fsp3) is 0.333. The number of anilines is 1. The van der Waals surface area contributed by atoms with E-state index in [-0.39, 0.29) is 0 Å². The first-order valence-electron chi connectivity index (χ1n) is 6.81. The Morgan fingerprint density at radius 2 is 2.00 bits per heavy atom. The predicted octanol–water partition coefficient (Wildman–Crippen LogP) is 4.18. The van der Waals surface area contributed by atoms with Crippen LogP contribution in [0.5, 0.6) is 0 Å². The van der Waals surface area contributed by atoms with Crippen molar-refractivity contribution in [3.8, 4) is 0 Å². The molecule has 1 aromatic carbocycles. The van der Waals surface area contributed by atoms with Gasteiger partial charge < -0.3 is 10.6 Å². The number of para-hydroxylation sites is 1. The molecule has 0 saturated carbocycles. The van der Waals surface area contributed by atoms with Crippen molar-refractivity contribution in [2.45, 2.75) is 32.7 Å². The lowest BCUT2D eigenvalue weighted by atomic mass is 10.0. The third-order valence-electron chi connectivity index (χ3n) is 3.39. The molecule has 0 spiro atoms. The minimum atomic E-state index is -0.821. The van der Waals surface area contributed by atoms with Gasteiger partial charge in [-0.15, -0.1) is 11.3 Å². The van der Waals surface area contributed by atoms with Crippen LogP contribution < -0.4 is 10.6 Å². The average molecular weight is 325 g/mol. The standard InChI is InChI=1S/C15H17F2N3OS/c1-4-15(3,13-18-9(2)8-22-13)20-14(21)19-12-10(16)6-5-7-11(12)17/h5-8H,4H2,1-3H3,(H2,19,20,21)/t15-/m1/s1. The highest BCUT2D eigenvalue weighted by Gasteiger charge is 2.30. The normalized spacial score (nSPS) is 13.5. The molecule has 1 atom stereocenters. The molecular formula is C15H17F2N3OS. The SMILES string of the molecule is CC[C@@](C)(NC(=O)Nc1c(F)cccc1F)c1nc(C)cs1. The summed E-state index contributed by atoms with van der Waals surface area (Å²) >= 11 is 1.43. The van der Waals surface area contributed by atoms with E-state index in [2.05, 4.69) is 15.6 Å². The van der Waals surface area contributed by atoms with Crippen LogP contribution in [-0.2, 0) is 5.54 Å². The highest BCUT2D eigenvalue weighted by molar-refractivity contribution is 7.09. The maximum absolute atomic E-state index is 13.6. The lowest BCUT2D eigenvalue weighted by molar-refractivity contribution is 0.237. The molecular weight excluding hydrogens is 308 g/mol. The molecule has 2 amide bonds. The fourth-order valence-electron chi connectivity index (χ4n) is 1.91. The number of carbonyl (C=O) groups is 1. The van der Waals surface area contributed by atoms with Crippen molar-refractivity contribution in [2.75, 3.05) is 5.32 Å². The molecule has 1 aromatic heterocycles. The number of thiazole rings is 1. The molecule has 2 rings (SSSR count). The number of urea groups is 1.